The molecule has 0 aliphatic heterocycles. The molecule has 1 saturated carbocycles. The van der Waals surface area contributed by atoms with Crippen molar-refractivity contribution in [2.24, 2.45) is 0 Å². The maximum absolute atomic E-state index is 12.2. The van der Waals surface area contributed by atoms with Crippen LogP contribution < -0.4 is 4.72 Å². The summed E-state index contributed by atoms with van der Waals surface area (Å²) in [7, 11) is -1.02. The molecule has 1 aliphatic carbocycles. The molecule has 1 aliphatic rings. The summed E-state index contributed by atoms with van der Waals surface area (Å²) < 4.78 is 38.0. The van der Waals surface area contributed by atoms with Crippen LogP contribution in [0.5, 0.6) is 0 Å². The highest BCUT2D eigenvalue weighted by molar-refractivity contribution is 7.89. The van der Waals surface area contributed by atoms with Crippen molar-refractivity contribution in [1.29, 1.82) is 0 Å². The molecule has 0 unspecified atom stereocenters. The third-order valence-corrected chi connectivity index (χ3v) is 4.65. The highest BCUT2D eigenvalue weighted by atomic mass is 32.2. The number of hydrogen-bond donors (Lipinski definition) is 2. The molecule has 21 heavy (non-hydrogen) atoms. The lowest BCUT2D eigenvalue weighted by Crippen LogP contribution is -2.34. The molecule has 0 aromatic carbocycles. The maximum Gasteiger partial charge on any atom is 0.352 e. The van der Waals surface area contributed by atoms with Gasteiger partial charge in [-0.1, -0.05) is 0 Å². The van der Waals surface area contributed by atoms with Gasteiger partial charge in [0.1, 0.15) is 10.6 Å². The third-order valence-electron chi connectivity index (χ3n) is 3.26. The Bertz CT molecular complexity index is 616. The molecule has 0 atom stereocenters. The average Bonchev–Trinajstić information content (AvgIpc) is 3.17. The van der Waals surface area contributed by atoms with Gasteiger partial charge in [0.2, 0.25) is 10.0 Å². The zero-order chi connectivity index (χ0) is 15.6. The fourth-order valence-corrected chi connectivity index (χ4v) is 2.99. The summed E-state index contributed by atoms with van der Waals surface area (Å²) in [5.74, 6) is -1.14. The monoisotopic (exact) mass is 318 g/mol. The number of nitrogens with zero attached hydrogens (tertiary/aromatic N) is 1. The zero-order valence-corrected chi connectivity index (χ0v) is 12.6. The lowest BCUT2D eigenvalue weighted by Gasteiger charge is -2.13. The number of carbonyl (C=O) groups is 1. The van der Waals surface area contributed by atoms with Crippen LogP contribution in [-0.2, 0) is 19.5 Å². The molecule has 118 valence electrons. The summed E-state index contributed by atoms with van der Waals surface area (Å²) in [6.07, 6.45) is 2.37. The van der Waals surface area contributed by atoms with Crippen molar-refractivity contribution in [3.63, 3.8) is 0 Å². The maximum atomic E-state index is 12.2. The minimum atomic E-state index is -3.81. The number of methoxy groups -OCH3 is 2. The minimum Gasteiger partial charge on any atom is -0.477 e. The van der Waals surface area contributed by atoms with Crippen LogP contribution in [-0.4, -0.2) is 51.1 Å². The number of carboxylic acid groups (broad SMARTS) is 1. The van der Waals surface area contributed by atoms with Gasteiger partial charge in [0, 0.05) is 26.5 Å². The van der Waals surface area contributed by atoms with Crippen molar-refractivity contribution in [3.05, 3.63) is 18.0 Å². The van der Waals surface area contributed by atoms with E-state index in [9.17, 15) is 13.2 Å². The van der Waals surface area contributed by atoms with Crippen molar-refractivity contribution < 1.29 is 27.8 Å². The Morgan fingerprint density at radius 2 is 2.10 bits per heavy atom. The minimum absolute atomic E-state index is 0.0205. The Balaban J connectivity index is 2.20. The van der Waals surface area contributed by atoms with E-state index in [4.69, 9.17) is 14.6 Å². The molecule has 1 heterocycles. The van der Waals surface area contributed by atoms with Crippen molar-refractivity contribution in [2.75, 3.05) is 20.8 Å². The molecule has 0 radical (unpaired) electrons. The molecule has 8 nitrogen and oxygen atoms in total. The van der Waals surface area contributed by atoms with Gasteiger partial charge in [0.25, 0.3) is 0 Å². The SMILES string of the molecule is COC(CNS(=O)(=O)c1cc(C(=O)O)n(C2CC2)c1)OC. The molecular formula is C12H18N2O6S. The van der Waals surface area contributed by atoms with Crippen molar-refractivity contribution >= 4 is 16.0 Å². The van der Waals surface area contributed by atoms with E-state index < -0.39 is 22.3 Å². The van der Waals surface area contributed by atoms with Crippen molar-refractivity contribution in [1.82, 2.24) is 9.29 Å². The smallest absolute Gasteiger partial charge is 0.352 e. The number of nitrogens with one attached hydrogen (secondary N) is 1. The van der Waals surface area contributed by atoms with E-state index in [0.29, 0.717) is 0 Å². The summed E-state index contributed by atoms with van der Waals surface area (Å²) in [4.78, 5) is 11.1. The van der Waals surface area contributed by atoms with Gasteiger partial charge in [0.15, 0.2) is 6.29 Å². The van der Waals surface area contributed by atoms with E-state index in [1.165, 1.54) is 25.0 Å². The molecule has 1 aromatic rings. The van der Waals surface area contributed by atoms with Crippen LogP contribution in [0.4, 0.5) is 0 Å². The highest BCUT2D eigenvalue weighted by Crippen LogP contribution is 2.37. The normalized spacial score (nSPS) is 15.6. The molecule has 1 aromatic heterocycles. The van der Waals surface area contributed by atoms with E-state index >= 15 is 0 Å². The summed E-state index contributed by atoms with van der Waals surface area (Å²) in [5.41, 5.74) is -0.0205. The number of sulfonamides is 1. The Morgan fingerprint density at radius 1 is 1.48 bits per heavy atom. The van der Waals surface area contributed by atoms with Crippen molar-refractivity contribution in [3.8, 4) is 0 Å². The molecule has 9 heteroatoms. The van der Waals surface area contributed by atoms with E-state index in [1.54, 1.807) is 0 Å². The number of aromatic carboxylic acids is 1. The number of aromatic nitrogens is 1. The van der Waals surface area contributed by atoms with Gasteiger partial charge >= 0.3 is 5.97 Å². The quantitative estimate of drug-likeness (QED) is 0.673. The average molecular weight is 318 g/mol. The summed E-state index contributed by atoms with van der Waals surface area (Å²) >= 11 is 0. The first-order valence-corrected chi connectivity index (χ1v) is 7.87. The predicted molar refractivity (Wildman–Crippen MR) is 72.7 cm³/mol. The Hall–Kier alpha value is -1.42. The molecule has 2 rings (SSSR count). The van der Waals surface area contributed by atoms with Crippen LogP contribution in [0.3, 0.4) is 0 Å². The van der Waals surface area contributed by atoms with Gasteiger partial charge in [-0.05, 0) is 18.9 Å². The standard InChI is InChI=1S/C12H18N2O6S/c1-19-11(20-2)6-13-21(17,18)9-5-10(12(15)16)14(7-9)8-3-4-8/h5,7-8,11,13H,3-4,6H2,1-2H3,(H,15,16). The molecular weight excluding hydrogens is 300 g/mol. The number of ether oxygens (including phenoxy) is 2. The first kappa shape index (κ1) is 16.0. The van der Waals surface area contributed by atoms with E-state index in [-0.39, 0.29) is 23.2 Å². The number of hydrogen-bond acceptors (Lipinski definition) is 5. The summed E-state index contributed by atoms with van der Waals surface area (Å²) in [5, 5.41) is 9.14. The Kier molecular flexibility index (Phi) is 4.67. The van der Waals surface area contributed by atoms with E-state index in [1.807, 2.05) is 0 Å². The van der Waals surface area contributed by atoms with Crippen LogP contribution in [0.15, 0.2) is 17.2 Å². The van der Waals surface area contributed by atoms with Gasteiger partial charge in [-0.25, -0.2) is 17.9 Å². The zero-order valence-electron chi connectivity index (χ0n) is 11.8. The summed E-state index contributed by atoms with van der Waals surface area (Å²) in [6.45, 7) is -0.0631. The number of carboxylic acids is 1. The fourth-order valence-electron chi connectivity index (χ4n) is 1.95. The van der Waals surface area contributed by atoms with Crippen molar-refractivity contribution in [2.45, 2.75) is 30.1 Å². The van der Waals surface area contributed by atoms with Gasteiger partial charge in [0.05, 0.1) is 6.54 Å². The second-order valence-electron chi connectivity index (χ2n) is 4.76. The second kappa shape index (κ2) is 6.14. The first-order chi connectivity index (χ1) is 9.89. The van der Waals surface area contributed by atoms with E-state index in [0.717, 1.165) is 18.9 Å². The van der Waals surface area contributed by atoms with Gasteiger partial charge in [-0.2, -0.15) is 0 Å². The molecule has 1 fully saturated rings. The molecule has 2 N–H and O–H groups in total. The van der Waals surface area contributed by atoms with Crippen LogP contribution in [0.1, 0.15) is 29.4 Å². The van der Waals surface area contributed by atoms with Crippen LogP contribution in [0.2, 0.25) is 0 Å². The lowest BCUT2D eigenvalue weighted by atomic mass is 10.4. The molecule has 0 amide bonds. The summed E-state index contributed by atoms with van der Waals surface area (Å²) in [6, 6.07) is 1.24. The largest absolute Gasteiger partial charge is 0.477 e. The van der Waals surface area contributed by atoms with Crippen LogP contribution in [0, 0.1) is 0 Å². The fraction of sp³-hybridized carbons (Fsp3) is 0.583. The Morgan fingerprint density at radius 3 is 2.57 bits per heavy atom. The second-order valence-corrected chi connectivity index (χ2v) is 6.52. The van der Waals surface area contributed by atoms with Gasteiger partial charge in [-0.15, -0.1) is 0 Å². The topological polar surface area (TPSA) is 107 Å². The van der Waals surface area contributed by atoms with Gasteiger partial charge < -0.3 is 19.1 Å². The van der Waals surface area contributed by atoms with E-state index in [2.05, 4.69) is 4.72 Å². The van der Waals surface area contributed by atoms with Crippen LogP contribution >= 0.6 is 0 Å². The molecule has 0 spiro atoms. The number of rotatable bonds is 8. The Labute approximate surface area is 122 Å². The van der Waals surface area contributed by atoms with Gasteiger partial charge in [-0.3, -0.25) is 0 Å². The highest BCUT2D eigenvalue weighted by Gasteiger charge is 2.30. The lowest BCUT2D eigenvalue weighted by molar-refractivity contribution is -0.0960. The molecule has 0 saturated heterocycles. The first-order valence-electron chi connectivity index (χ1n) is 6.39. The predicted octanol–water partition coefficient (Wildman–Crippen LogP) is 0.418. The molecule has 0 bridgehead atoms. The third kappa shape index (κ3) is 3.62. The van der Waals surface area contributed by atoms with Crippen LogP contribution in [0.25, 0.3) is 0 Å².